The minimum absolute atomic E-state index is 0.198. The molecule has 0 radical (unpaired) electrons. The predicted molar refractivity (Wildman–Crippen MR) is 128 cm³/mol. The van der Waals surface area contributed by atoms with Gasteiger partial charge < -0.3 is 9.47 Å². The number of anilines is 1. The predicted octanol–water partition coefficient (Wildman–Crippen LogP) is 4.50. The van der Waals surface area contributed by atoms with Gasteiger partial charge in [0.1, 0.15) is 17.8 Å². The lowest BCUT2D eigenvalue weighted by Crippen LogP contribution is -2.15. The second kappa shape index (κ2) is 9.14. The Morgan fingerprint density at radius 1 is 0.912 bits per heavy atom. The third kappa shape index (κ3) is 4.72. The fourth-order valence-electron chi connectivity index (χ4n) is 3.57. The van der Waals surface area contributed by atoms with Crippen LogP contribution in [0.1, 0.15) is 22.5 Å². The minimum atomic E-state index is -3.78. The third-order valence-electron chi connectivity index (χ3n) is 5.38. The lowest BCUT2D eigenvalue weighted by molar-refractivity contribution is 0.410. The van der Waals surface area contributed by atoms with Crippen molar-refractivity contribution in [1.82, 2.24) is 19.7 Å². The van der Waals surface area contributed by atoms with Crippen molar-refractivity contribution in [1.29, 1.82) is 0 Å². The molecule has 2 heterocycles. The van der Waals surface area contributed by atoms with Crippen molar-refractivity contribution in [2.45, 2.75) is 32.6 Å². The van der Waals surface area contributed by atoms with Gasteiger partial charge in [0.15, 0.2) is 5.82 Å². The van der Waals surface area contributed by atoms with Crippen molar-refractivity contribution in [3.8, 4) is 23.2 Å². The van der Waals surface area contributed by atoms with Crippen LogP contribution in [0.15, 0.2) is 59.8 Å². The van der Waals surface area contributed by atoms with Gasteiger partial charge in [-0.3, -0.25) is 4.72 Å². The van der Waals surface area contributed by atoms with Crippen molar-refractivity contribution in [2.24, 2.45) is 0 Å². The summed E-state index contributed by atoms with van der Waals surface area (Å²) in [5.41, 5.74) is 3.65. The maximum Gasteiger partial charge on any atom is 0.262 e. The largest absolute Gasteiger partial charge is 0.496 e. The van der Waals surface area contributed by atoms with Gasteiger partial charge in [0, 0.05) is 17.4 Å². The van der Waals surface area contributed by atoms with Gasteiger partial charge in [-0.15, -0.1) is 0 Å². The average Bonchev–Trinajstić information content (AvgIpc) is 3.14. The van der Waals surface area contributed by atoms with Crippen LogP contribution in [-0.2, 0) is 10.0 Å². The summed E-state index contributed by atoms with van der Waals surface area (Å²) in [6, 6.07) is 13.4. The standard InChI is InChI=1S/C24H25N5O4S/c1-15-12-16(2)29(27-15)23-13-24(26-14-25-23)33-20-8-6-19(7-9-20)28-34(30,31)22-11-10-21(32-5)17(3)18(22)4/h6-14,28H,1-5H3. The summed E-state index contributed by atoms with van der Waals surface area (Å²) in [6.45, 7) is 7.43. The zero-order valence-corrected chi connectivity index (χ0v) is 20.3. The molecule has 0 saturated carbocycles. The van der Waals surface area contributed by atoms with E-state index in [2.05, 4.69) is 19.8 Å². The van der Waals surface area contributed by atoms with E-state index in [0.29, 0.717) is 34.4 Å². The quantitative estimate of drug-likeness (QED) is 0.416. The van der Waals surface area contributed by atoms with Crippen LogP contribution in [0.4, 0.5) is 5.69 Å². The van der Waals surface area contributed by atoms with Crippen LogP contribution in [0.2, 0.25) is 0 Å². The zero-order chi connectivity index (χ0) is 24.5. The first-order valence-electron chi connectivity index (χ1n) is 10.5. The molecule has 0 aliphatic carbocycles. The molecule has 9 nitrogen and oxygen atoms in total. The number of aryl methyl sites for hydroxylation is 2. The zero-order valence-electron chi connectivity index (χ0n) is 19.5. The molecule has 1 N–H and O–H groups in total. The molecule has 4 aromatic rings. The number of aromatic nitrogens is 4. The van der Waals surface area contributed by atoms with Crippen LogP contribution in [0.3, 0.4) is 0 Å². The number of nitrogens with zero attached hydrogens (tertiary/aromatic N) is 4. The molecule has 0 aliphatic rings. The van der Waals surface area contributed by atoms with E-state index in [1.165, 1.54) is 12.4 Å². The molecule has 2 aromatic carbocycles. The molecule has 0 atom stereocenters. The summed E-state index contributed by atoms with van der Waals surface area (Å²) >= 11 is 0. The monoisotopic (exact) mass is 479 g/mol. The van der Waals surface area contributed by atoms with Crippen molar-refractivity contribution in [3.63, 3.8) is 0 Å². The number of hydrogen-bond acceptors (Lipinski definition) is 7. The van der Waals surface area contributed by atoms with Gasteiger partial charge in [-0.2, -0.15) is 5.10 Å². The second-order valence-electron chi connectivity index (χ2n) is 7.80. The Bertz CT molecular complexity index is 1450. The summed E-state index contributed by atoms with van der Waals surface area (Å²) in [6.07, 6.45) is 1.41. The van der Waals surface area contributed by atoms with E-state index in [-0.39, 0.29) is 4.90 Å². The summed E-state index contributed by atoms with van der Waals surface area (Å²) < 4.78 is 41.3. The summed E-state index contributed by atoms with van der Waals surface area (Å²) in [5.74, 6) is 2.07. The number of sulfonamides is 1. The number of rotatable bonds is 7. The molecular formula is C24H25N5O4S. The minimum Gasteiger partial charge on any atom is -0.496 e. The first kappa shape index (κ1) is 23.2. The Hall–Kier alpha value is -3.92. The Morgan fingerprint density at radius 2 is 1.65 bits per heavy atom. The van der Waals surface area contributed by atoms with Crippen LogP contribution in [0, 0.1) is 27.7 Å². The molecule has 0 unspecified atom stereocenters. The highest BCUT2D eigenvalue weighted by atomic mass is 32.2. The van der Waals surface area contributed by atoms with Gasteiger partial charge in [-0.05, 0) is 81.3 Å². The molecule has 0 aliphatic heterocycles. The highest BCUT2D eigenvalue weighted by molar-refractivity contribution is 7.92. The maximum absolute atomic E-state index is 12.9. The summed E-state index contributed by atoms with van der Waals surface area (Å²) in [5, 5.41) is 4.42. The third-order valence-corrected chi connectivity index (χ3v) is 6.91. The van der Waals surface area contributed by atoms with Crippen molar-refractivity contribution < 1.29 is 17.9 Å². The van der Waals surface area contributed by atoms with Crippen LogP contribution in [-0.4, -0.2) is 35.3 Å². The van der Waals surface area contributed by atoms with Gasteiger partial charge in [0.25, 0.3) is 10.0 Å². The number of ether oxygens (including phenoxy) is 2. The van der Waals surface area contributed by atoms with Crippen LogP contribution >= 0.6 is 0 Å². The Labute approximate surface area is 198 Å². The van der Waals surface area contributed by atoms with E-state index in [1.807, 2.05) is 26.8 Å². The molecule has 176 valence electrons. The first-order chi connectivity index (χ1) is 16.2. The lowest BCUT2D eigenvalue weighted by atomic mass is 10.1. The van der Waals surface area contributed by atoms with Crippen molar-refractivity contribution >= 4 is 15.7 Å². The second-order valence-corrected chi connectivity index (χ2v) is 9.45. The number of benzene rings is 2. The van der Waals surface area contributed by atoms with Gasteiger partial charge in [-0.1, -0.05) is 0 Å². The molecule has 0 bridgehead atoms. The van der Waals surface area contributed by atoms with E-state index in [4.69, 9.17) is 9.47 Å². The maximum atomic E-state index is 12.9. The topological polar surface area (TPSA) is 108 Å². The van der Waals surface area contributed by atoms with E-state index in [9.17, 15) is 8.42 Å². The smallest absolute Gasteiger partial charge is 0.262 e. The highest BCUT2D eigenvalue weighted by Crippen LogP contribution is 2.29. The van der Waals surface area contributed by atoms with Gasteiger partial charge in [-0.25, -0.2) is 23.1 Å². The molecule has 0 spiro atoms. The van der Waals surface area contributed by atoms with Crippen LogP contribution in [0.25, 0.3) is 5.82 Å². The molecule has 10 heteroatoms. The Kier molecular flexibility index (Phi) is 6.25. The van der Waals surface area contributed by atoms with Crippen molar-refractivity contribution in [2.75, 3.05) is 11.8 Å². The number of methoxy groups -OCH3 is 1. The SMILES string of the molecule is COc1ccc(S(=O)(=O)Nc2ccc(Oc3cc(-n4nc(C)cc4C)ncn3)cc2)c(C)c1C. The molecular weight excluding hydrogens is 454 g/mol. The fourth-order valence-corrected chi connectivity index (χ4v) is 4.93. The number of hydrogen-bond donors (Lipinski definition) is 1. The van der Waals surface area contributed by atoms with E-state index in [1.54, 1.807) is 55.1 Å². The van der Waals surface area contributed by atoms with Crippen LogP contribution < -0.4 is 14.2 Å². The Balaban J connectivity index is 1.51. The fraction of sp³-hybridized carbons (Fsp3) is 0.208. The van der Waals surface area contributed by atoms with E-state index >= 15 is 0 Å². The molecule has 2 aromatic heterocycles. The number of nitrogens with one attached hydrogen (secondary N) is 1. The summed E-state index contributed by atoms with van der Waals surface area (Å²) in [7, 11) is -2.22. The van der Waals surface area contributed by atoms with Crippen molar-refractivity contribution in [3.05, 3.63) is 77.4 Å². The highest BCUT2D eigenvalue weighted by Gasteiger charge is 2.20. The van der Waals surface area contributed by atoms with E-state index < -0.39 is 10.0 Å². The van der Waals surface area contributed by atoms with Crippen LogP contribution in [0.5, 0.6) is 17.4 Å². The average molecular weight is 480 g/mol. The molecule has 0 amide bonds. The normalized spacial score (nSPS) is 11.3. The van der Waals surface area contributed by atoms with Gasteiger partial charge in [0.05, 0.1) is 17.7 Å². The van der Waals surface area contributed by atoms with Gasteiger partial charge >= 0.3 is 0 Å². The Morgan fingerprint density at radius 3 is 2.29 bits per heavy atom. The summed E-state index contributed by atoms with van der Waals surface area (Å²) in [4.78, 5) is 8.61. The molecule has 0 saturated heterocycles. The first-order valence-corrected chi connectivity index (χ1v) is 12.0. The van der Waals surface area contributed by atoms with Gasteiger partial charge in [0.2, 0.25) is 5.88 Å². The van der Waals surface area contributed by atoms with E-state index in [0.717, 1.165) is 17.0 Å². The molecule has 0 fully saturated rings. The lowest BCUT2D eigenvalue weighted by Gasteiger charge is -2.14. The molecule has 4 rings (SSSR count). The molecule has 34 heavy (non-hydrogen) atoms.